The monoisotopic (exact) mass is 1610 g/mol. The van der Waals surface area contributed by atoms with E-state index in [0.717, 1.165) is 222 Å². The first-order valence-corrected chi connectivity index (χ1v) is 43.9. The molecule has 0 atom stereocenters. The number of nitrogens with zero attached hydrogens (tertiary/aromatic N) is 2. The summed E-state index contributed by atoms with van der Waals surface area (Å²) in [6.07, 6.45) is 0. The van der Waals surface area contributed by atoms with Crippen molar-refractivity contribution in [2.24, 2.45) is 0 Å². The fourth-order valence-corrected chi connectivity index (χ4v) is 20.3. The Morgan fingerprint density at radius 3 is 0.864 bits per heavy atom. The Balaban J connectivity index is 0.937. The van der Waals surface area contributed by atoms with Gasteiger partial charge in [-0.05, 0) is 242 Å². The van der Waals surface area contributed by atoms with E-state index < -0.39 is 0 Å². The second-order valence-electron chi connectivity index (χ2n) is 38.6. The predicted molar refractivity (Wildman–Crippen MR) is 528 cm³/mol. The SMILES string of the molecule is CC(C)(C)c1cc(-c2cc3c4c(c2)N(c2c(-c5cccc6oc7ccccc7c56)cc(C(C)(C)C)cc2-c2cccc5oc6ccccc6c25)c2ccc(-c5cc(-c6ccccc6)cc(-c6ccccc6)c5)cc2B4c2ccccc2N3c2c(-c3cccc4oc5ccccc5c34)cc(C(C)(C)C)cc2-c2cccc3oc4ccccc4c23)cc(C(C)(C)C)c1. The summed E-state index contributed by atoms with van der Waals surface area (Å²) >= 11 is 0. The minimum atomic E-state index is -0.379. The summed E-state index contributed by atoms with van der Waals surface area (Å²) in [5.41, 5.74) is 37.6. The molecule has 0 amide bonds. The second kappa shape index (κ2) is 28.1. The van der Waals surface area contributed by atoms with E-state index >= 15 is 0 Å². The zero-order chi connectivity index (χ0) is 84.8. The van der Waals surface area contributed by atoms with E-state index in [1.54, 1.807) is 0 Å². The van der Waals surface area contributed by atoms with Gasteiger partial charge in [-0.15, -0.1) is 0 Å². The number of hydrogen-bond donors (Lipinski definition) is 0. The molecule has 2 aliphatic rings. The molecular formula is C118H93BN2O4. The molecule has 0 saturated heterocycles. The normalized spacial score (nSPS) is 13.1. The lowest BCUT2D eigenvalue weighted by molar-refractivity contribution is 0.569. The average molecular weight is 1610 g/mol. The van der Waals surface area contributed by atoms with Crippen LogP contribution in [0.2, 0.25) is 0 Å². The van der Waals surface area contributed by atoms with E-state index in [9.17, 15) is 0 Å². The van der Waals surface area contributed by atoms with Crippen LogP contribution in [0.1, 0.15) is 105 Å². The van der Waals surface area contributed by atoms with Crippen molar-refractivity contribution in [1.29, 1.82) is 0 Å². The number of hydrogen-bond acceptors (Lipinski definition) is 6. The van der Waals surface area contributed by atoms with Crippen molar-refractivity contribution in [3.8, 4) is 89.0 Å². The van der Waals surface area contributed by atoms with Crippen molar-refractivity contribution < 1.29 is 17.7 Å². The van der Waals surface area contributed by atoms with Crippen molar-refractivity contribution in [3.05, 3.63) is 368 Å². The highest BCUT2D eigenvalue weighted by atomic mass is 16.3. The van der Waals surface area contributed by atoms with Gasteiger partial charge in [0, 0.05) is 88.1 Å². The van der Waals surface area contributed by atoms with Gasteiger partial charge >= 0.3 is 0 Å². The third-order valence-corrected chi connectivity index (χ3v) is 26.6. The molecule has 17 aromatic carbocycles. The molecule has 6 nitrogen and oxygen atoms in total. The Morgan fingerprint density at radius 1 is 0.200 bits per heavy atom. The Hall–Kier alpha value is -14.4. The maximum absolute atomic E-state index is 7.07. The maximum atomic E-state index is 7.07. The van der Waals surface area contributed by atoms with Gasteiger partial charge in [-0.3, -0.25) is 0 Å². The first kappa shape index (κ1) is 75.6. The number of rotatable bonds is 10. The molecule has 125 heavy (non-hydrogen) atoms. The van der Waals surface area contributed by atoms with E-state index in [1.165, 1.54) is 27.7 Å². The quantitative estimate of drug-likeness (QED) is 0.127. The Kier molecular flexibility index (Phi) is 17.0. The molecule has 0 saturated carbocycles. The molecule has 6 heterocycles. The number of anilines is 6. The van der Waals surface area contributed by atoms with Crippen LogP contribution < -0.4 is 26.2 Å². The van der Waals surface area contributed by atoms with Gasteiger partial charge in [0.2, 0.25) is 0 Å². The Bertz CT molecular complexity index is 7660. The standard InChI is InChI=1S/C118H93BN2O4/c1-115(2,3)78-60-76(61-79(65-78)116(4,5)6)77-63-98-112-99(64-77)121(114-92(84-43-31-53-106-110(84)88-39-21-27-49-102(88)124-106)68-81(118(10,11)12)69-93(114)85-44-32-54-107-111(85)89-40-22-28-50-103(89)125-107)97-56-55-72(75-58-73(70-33-15-13-16-34-70)57-74(59-75)71-35-17-14-18-36-71)62-95(97)119(112)94-45-23-24-46-96(94)120(98)113-90(82-41-29-51-104-108(82)86-37-19-25-47-100(86)122-104)66-80(117(7,8)9)67-91(113)83-42-30-52-105-109(83)87-38-20-26-48-101(87)123-105/h13-69H,1-12H3. The molecular weight excluding hydrogens is 1520 g/mol. The van der Waals surface area contributed by atoms with Gasteiger partial charge in [0.15, 0.2) is 0 Å². The van der Waals surface area contributed by atoms with Gasteiger partial charge in [0.1, 0.15) is 44.7 Å². The second-order valence-corrected chi connectivity index (χ2v) is 38.6. The molecule has 0 spiro atoms. The summed E-state index contributed by atoms with van der Waals surface area (Å²) in [5.74, 6) is 0. The fraction of sp³-hybridized carbons (Fsp3) is 0.136. The van der Waals surface area contributed by atoms with Crippen LogP contribution in [0.5, 0.6) is 0 Å². The molecule has 0 radical (unpaired) electrons. The highest BCUT2D eigenvalue weighted by molar-refractivity contribution is 7.00. The van der Waals surface area contributed by atoms with Crippen molar-refractivity contribution in [1.82, 2.24) is 0 Å². The smallest absolute Gasteiger partial charge is 0.252 e. The summed E-state index contributed by atoms with van der Waals surface area (Å²) in [5, 5.41) is 8.42. The van der Waals surface area contributed by atoms with Crippen LogP contribution in [-0.4, -0.2) is 6.71 Å². The third kappa shape index (κ3) is 12.3. The molecule has 0 unspecified atom stereocenters. The molecule has 7 heteroatoms. The van der Waals surface area contributed by atoms with E-state index in [1.807, 2.05) is 0 Å². The largest absolute Gasteiger partial charge is 0.456 e. The van der Waals surface area contributed by atoms with Gasteiger partial charge in [-0.25, -0.2) is 0 Å². The summed E-state index contributed by atoms with van der Waals surface area (Å²) in [6.45, 7) is 28.0. The molecule has 602 valence electrons. The van der Waals surface area contributed by atoms with E-state index in [4.69, 9.17) is 17.7 Å². The lowest BCUT2D eigenvalue weighted by Gasteiger charge is -2.46. The predicted octanol–water partition coefficient (Wildman–Crippen LogP) is 31.9. The van der Waals surface area contributed by atoms with Crippen LogP contribution in [0.4, 0.5) is 34.1 Å². The zero-order valence-corrected chi connectivity index (χ0v) is 72.5. The number of para-hydroxylation sites is 5. The van der Waals surface area contributed by atoms with Gasteiger partial charge in [0.05, 0.1) is 11.4 Å². The van der Waals surface area contributed by atoms with Crippen molar-refractivity contribution >= 4 is 145 Å². The lowest BCUT2D eigenvalue weighted by atomic mass is 9.33. The number of benzene rings is 17. The van der Waals surface area contributed by atoms with Crippen molar-refractivity contribution in [3.63, 3.8) is 0 Å². The molecule has 0 N–H and O–H groups in total. The maximum Gasteiger partial charge on any atom is 0.252 e. The van der Waals surface area contributed by atoms with Crippen LogP contribution in [-0.2, 0) is 21.7 Å². The van der Waals surface area contributed by atoms with Crippen molar-refractivity contribution in [2.45, 2.75) is 105 Å². The number of fused-ring (bicyclic) bond motifs is 16. The summed E-state index contributed by atoms with van der Waals surface area (Å²) in [7, 11) is 0. The van der Waals surface area contributed by atoms with Crippen LogP contribution >= 0.6 is 0 Å². The highest BCUT2D eigenvalue weighted by Crippen LogP contribution is 2.59. The fourth-order valence-electron chi connectivity index (χ4n) is 20.3. The van der Waals surface area contributed by atoms with Gasteiger partial charge in [-0.1, -0.05) is 314 Å². The van der Waals surface area contributed by atoms with E-state index in [2.05, 4.69) is 439 Å². The molecule has 21 aromatic rings. The third-order valence-electron chi connectivity index (χ3n) is 26.6. The minimum absolute atomic E-state index is 0.232. The minimum Gasteiger partial charge on any atom is -0.456 e. The molecule has 0 aliphatic carbocycles. The average Bonchev–Trinajstić information content (AvgIpc) is 1.56. The number of furan rings is 4. The van der Waals surface area contributed by atoms with Crippen LogP contribution in [0, 0.1) is 0 Å². The van der Waals surface area contributed by atoms with Crippen LogP contribution in [0.15, 0.2) is 363 Å². The topological polar surface area (TPSA) is 59.0 Å². The van der Waals surface area contributed by atoms with Gasteiger partial charge in [0.25, 0.3) is 6.71 Å². The van der Waals surface area contributed by atoms with E-state index in [-0.39, 0.29) is 28.4 Å². The lowest BCUT2D eigenvalue weighted by Crippen LogP contribution is -2.61. The van der Waals surface area contributed by atoms with Gasteiger partial charge in [-0.2, -0.15) is 0 Å². The Labute approximate surface area is 729 Å². The zero-order valence-electron chi connectivity index (χ0n) is 72.5. The highest BCUT2D eigenvalue weighted by Gasteiger charge is 2.47. The van der Waals surface area contributed by atoms with Crippen LogP contribution in [0.25, 0.3) is 177 Å². The molecule has 4 aromatic heterocycles. The molecule has 0 fully saturated rings. The Morgan fingerprint density at radius 2 is 0.496 bits per heavy atom. The summed E-state index contributed by atoms with van der Waals surface area (Å²) < 4.78 is 28.2. The first-order chi connectivity index (χ1) is 60.5. The molecule has 2 aliphatic heterocycles. The van der Waals surface area contributed by atoms with Crippen LogP contribution in [0.3, 0.4) is 0 Å². The first-order valence-electron chi connectivity index (χ1n) is 43.9. The molecule has 23 rings (SSSR count). The summed E-state index contributed by atoms with van der Waals surface area (Å²) in [4.78, 5) is 5.45. The van der Waals surface area contributed by atoms with E-state index in [0.29, 0.717) is 0 Å². The summed E-state index contributed by atoms with van der Waals surface area (Å²) in [6, 6.07) is 130. The molecule has 0 bridgehead atoms. The van der Waals surface area contributed by atoms with Gasteiger partial charge < -0.3 is 27.5 Å². The van der Waals surface area contributed by atoms with Crippen molar-refractivity contribution in [2.75, 3.05) is 9.80 Å².